The molecule has 23 heavy (non-hydrogen) atoms. The van der Waals surface area contributed by atoms with E-state index in [1.807, 2.05) is 12.1 Å². The van der Waals surface area contributed by atoms with E-state index in [-0.39, 0.29) is 12.1 Å². The zero-order chi connectivity index (χ0) is 16.1. The maximum absolute atomic E-state index is 11.8. The minimum absolute atomic E-state index is 0.210. The molecule has 1 aliphatic rings. The van der Waals surface area contributed by atoms with Crippen LogP contribution in [-0.4, -0.2) is 37.2 Å². The molecule has 0 saturated carbocycles. The quantitative estimate of drug-likeness (QED) is 0.731. The van der Waals surface area contributed by atoms with Gasteiger partial charge in [-0.3, -0.25) is 4.90 Å². The lowest BCUT2D eigenvalue weighted by Crippen LogP contribution is -2.31. The van der Waals surface area contributed by atoms with Gasteiger partial charge in [0.15, 0.2) is 0 Å². The van der Waals surface area contributed by atoms with Gasteiger partial charge in [-0.25, -0.2) is 4.79 Å². The number of ether oxygens (including phenoxy) is 2. The second-order valence-corrected chi connectivity index (χ2v) is 5.63. The second kappa shape index (κ2) is 7.48. The van der Waals surface area contributed by atoms with Crippen molar-refractivity contribution in [1.82, 2.24) is 4.90 Å². The van der Waals surface area contributed by atoms with Crippen molar-refractivity contribution in [1.29, 1.82) is 0 Å². The molecular weight excluding hydrogens is 298 g/mol. The van der Waals surface area contributed by atoms with Crippen molar-refractivity contribution in [3.05, 3.63) is 47.8 Å². The van der Waals surface area contributed by atoms with Crippen molar-refractivity contribution in [2.75, 3.05) is 20.3 Å². The first-order valence-electron chi connectivity index (χ1n) is 7.77. The van der Waals surface area contributed by atoms with Crippen LogP contribution in [0.5, 0.6) is 0 Å². The Kier molecular flexibility index (Phi) is 5.15. The van der Waals surface area contributed by atoms with Gasteiger partial charge in [0.05, 0.1) is 38.8 Å². The summed E-state index contributed by atoms with van der Waals surface area (Å²) in [5.74, 6) is 1.08. The third-order valence-corrected chi connectivity index (χ3v) is 3.96. The second-order valence-electron chi connectivity index (χ2n) is 5.63. The lowest BCUT2D eigenvalue weighted by molar-refractivity contribution is 0.0577. The monoisotopic (exact) mass is 319 g/mol. The van der Waals surface area contributed by atoms with Crippen molar-refractivity contribution in [3.8, 4) is 0 Å². The molecule has 2 aromatic heterocycles. The van der Waals surface area contributed by atoms with Gasteiger partial charge in [0.25, 0.3) is 0 Å². The highest BCUT2D eigenvalue weighted by atomic mass is 16.5. The molecule has 1 atom stereocenters. The van der Waals surface area contributed by atoms with Gasteiger partial charge >= 0.3 is 5.97 Å². The van der Waals surface area contributed by atoms with Crippen LogP contribution in [0.15, 0.2) is 39.6 Å². The summed E-state index contributed by atoms with van der Waals surface area (Å²) in [5.41, 5.74) is 0.462. The van der Waals surface area contributed by atoms with Gasteiger partial charge in [-0.05, 0) is 31.0 Å². The van der Waals surface area contributed by atoms with Crippen LogP contribution in [-0.2, 0) is 22.6 Å². The van der Waals surface area contributed by atoms with E-state index >= 15 is 0 Å². The van der Waals surface area contributed by atoms with Crippen LogP contribution in [0.25, 0.3) is 0 Å². The highest BCUT2D eigenvalue weighted by Gasteiger charge is 2.23. The Labute approximate surface area is 135 Å². The first kappa shape index (κ1) is 15.8. The molecule has 1 aliphatic heterocycles. The lowest BCUT2D eigenvalue weighted by Gasteiger charge is -2.23. The Balaban J connectivity index is 1.72. The van der Waals surface area contributed by atoms with Crippen molar-refractivity contribution in [2.24, 2.45) is 0 Å². The Bertz CT molecular complexity index is 613. The van der Waals surface area contributed by atoms with E-state index in [9.17, 15) is 4.79 Å². The van der Waals surface area contributed by atoms with Crippen molar-refractivity contribution in [3.63, 3.8) is 0 Å². The zero-order valence-corrected chi connectivity index (χ0v) is 13.2. The summed E-state index contributed by atoms with van der Waals surface area (Å²) in [4.78, 5) is 14.0. The number of carbonyl (C=O) groups excluding carboxylic acids is 1. The van der Waals surface area contributed by atoms with E-state index in [2.05, 4.69) is 4.90 Å². The van der Waals surface area contributed by atoms with E-state index in [0.717, 1.165) is 31.8 Å². The maximum Gasteiger partial charge on any atom is 0.341 e. The van der Waals surface area contributed by atoms with Crippen LogP contribution >= 0.6 is 0 Å². The van der Waals surface area contributed by atoms with Gasteiger partial charge in [0, 0.05) is 13.2 Å². The van der Waals surface area contributed by atoms with Crippen LogP contribution in [0.2, 0.25) is 0 Å². The van der Waals surface area contributed by atoms with Crippen molar-refractivity contribution >= 4 is 5.97 Å². The molecule has 0 aliphatic carbocycles. The Hall–Kier alpha value is -2.05. The molecule has 1 fully saturated rings. The highest BCUT2D eigenvalue weighted by Crippen LogP contribution is 2.20. The number of nitrogens with zero attached hydrogens (tertiary/aromatic N) is 1. The summed E-state index contributed by atoms with van der Waals surface area (Å²) >= 11 is 0. The van der Waals surface area contributed by atoms with Crippen molar-refractivity contribution < 1.29 is 23.1 Å². The van der Waals surface area contributed by atoms with Gasteiger partial charge in [-0.1, -0.05) is 0 Å². The third kappa shape index (κ3) is 4.03. The molecule has 0 radical (unpaired) electrons. The fraction of sp³-hybridized carbons (Fsp3) is 0.471. The topological polar surface area (TPSA) is 65.0 Å². The molecular formula is C17H21NO5. The predicted octanol–water partition coefficient (Wildman–Crippen LogP) is 2.84. The Morgan fingerprint density at radius 1 is 1.30 bits per heavy atom. The summed E-state index contributed by atoms with van der Waals surface area (Å²) in [6, 6.07) is 5.44. The largest absolute Gasteiger partial charge is 0.468 e. The van der Waals surface area contributed by atoms with Crippen LogP contribution in [0, 0.1) is 0 Å². The van der Waals surface area contributed by atoms with Gasteiger partial charge in [-0.15, -0.1) is 0 Å². The molecule has 0 bridgehead atoms. The molecule has 0 spiro atoms. The summed E-state index contributed by atoms with van der Waals surface area (Å²) in [6.07, 6.45) is 5.52. The number of rotatable bonds is 7. The first-order valence-corrected chi connectivity index (χ1v) is 7.77. The van der Waals surface area contributed by atoms with Crippen LogP contribution in [0.3, 0.4) is 0 Å². The van der Waals surface area contributed by atoms with E-state index < -0.39 is 0 Å². The van der Waals surface area contributed by atoms with E-state index in [1.165, 1.54) is 13.4 Å². The number of hydrogen-bond acceptors (Lipinski definition) is 6. The van der Waals surface area contributed by atoms with Gasteiger partial charge in [0.2, 0.25) is 0 Å². The summed E-state index contributed by atoms with van der Waals surface area (Å²) in [6.45, 7) is 2.71. The zero-order valence-electron chi connectivity index (χ0n) is 13.2. The van der Waals surface area contributed by atoms with Crippen LogP contribution in [0.4, 0.5) is 0 Å². The highest BCUT2D eigenvalue weighted by molar-refractivity contribution is 5.90. The molecule has 3 rings (SSSR count). The standard InChI is InChI=1S/C17H21NO5/c1-20-17(19)15-6-9-23-16(15)12-18(10-13-4-2-7-21-13)11-14-5-3-8-22-14/h2,4,6-7,9,14H,3,5,8,10-12H2,1H3. The van der Waals surface area contributed by atoms with Gasteiger partial charge in [-0.2, -0.15) is 0 Å². The molecule has 0 N–H and O–H groups in total. The lowest BCUT2D eigenvalue weighted by atomic mass is 10.2. The number of furan rings is 2. The van der Waals surface area contributed by atoms with Crippen LogP contribution < -0.4 is 0 Å². The fourth-order valence-electron chi connectivity index (χ4n) is 2.84. The first-order chi connectivity index (χ1) is 11.3. The van der Waals surface area contributed by atoms with Gasteiger partial charge < -0.3 is 18.3 Å². The molecule has 0 amide bonds. The normalized spacial score (nSPS) is 17.7. The molecule has 6 nitrogen and oxygen atoms in total. The molecule has 124 valence electrons. The number of hydrogen-bond donors (Lipinski definition) is 0. The minimum atomic E-state index is -0.385. The molecule has 6 heteroatoms. The van der Waals surface area contributed by atoms with E-state index in [0.29, 0.717) is 24.4 Å². The molecule has 0 aromatic carbocycles. The third-order valence-electron chi connectivity index (χ3n) is 3.96. The van der Waals surface area contributed by atoms with E-state index in [1.54, 1.807) is 12.3 Å². The molecule has 2 aromatic rings. The fourth-order valence-corrected chi connectivity index (χ4v) is 2.84. The molecule has 1 saturated heterocycles. The predicted molar refractivity (Wildman–Crippen MR) is 81.8 cm³/mol. The number of carbonyl (C=O) groups is 1. The average Bonchev–Trinajstić information content (AvgIpc) is 3.28. The molecule has 1 unspecified atom stereocenters. The Morgan fingerprint density at radius 2 is 2.22 bits per heavy atom. The SMILES string of the molecule is COC(=O)c1ccoc1CN(Cc1ccco1)CC1CCCO1. The average molecular weight is 319 g/mol. The number of esters is 1. The van der Waals surface area contributed by atoms with Crippen LogP contribution in [0.1, 0.15) is 34.7 Å². The molecule has 3 heterocycles. The summed E-state index contributed by atoms with van der Waals surface area (Å²) in [7, 11) is 1.37. The van der Waals surface area contributed by atoms with Crippen molar-refractivity contribution in [2.45, 2.75) is 32.0 Å². The summed E-state index contributed by atoms with van der Waals surface area (Å²) < 4.78 is 21.5. The summed E-state index contributed by atoms with van der Waals surface area (Å²) in [5, 5.41) is 0. The minimum Gasteiger partial charge on any atom is -0.468 e. The van der Waals surface area contributed by atoms with Gasteiger partial charge in [0.1, 0.15) is 17.1 Å². The Morgan fingerprint density at radius 3 is 2.91 bits per heavy atom. The smallest absolute Gasteiger partial charge is 0.341 e. The van der Waals surface area contributed by atoms with E-state index in [4.69, 9.17) is 18.3 Å². The maximum atomic E-state index is 11.8. The number of methoxy groups -OCH3 is 1.